The van der Waals surface area contributed by atoms with E-state index in [2.05, 4.69) is 22.3 Å². The number of allylic oxidation sites excluding steroid dienone is 1. The minimum atomic E-state index is -4.50. The van der Waals surface area contributed by atoms with Gasteiger partial charge in [0.2, 0.25) is 0 Å². The second-order valence-electron chi connectivity index (χ2n) is 9.85. The summed E-state index contributed by atoms with van der Waals surface area (Å²) in [6.07, 6.45) is 5.70. The second kappa shape index (κ2) is 8.73. The van der Waals surface area contributed by atoms with E-state index in [1.54, 1.807) is 32.4 Å². The number of hydrogen-bond donors (Lipinski definition) is 2. The fourth-order valence-electron chi connectivity index (χ4n) is 6.37. The van der Waals surface area contributed by atoms with Gasteiger partial charge in [0.1, 0.15) is 16.4 Å². The monoisotopic (exact) mass is 522 g/mol. The van der Waals surface area contributed by atoms with E-state index in [4.69, 9.17) is 14.2 Å². The van der Waals surface area contributed by atoms with Gasteiger partial charge < -0.3 is 19.5 Å². The first-order chi connectivity index (χ1) is 17.8. The molecule has 4 aliphatic rings. The lowest BCUT2D eigenvalue weighted by Crippen LogP contribution is -2.48. The number of nitrogens with one attached hydrogen (secondary N) is 1. The maximum Gasteiger partial charge on any atom is 0.294 e. The average Bonchev–Trinajstić information content (AvgIpc) is 3.25. The van der Waals surface area contributed by atoms with Crippen molar-refractivity contribution in [1.29, 1.82) is 0 Å². The molecule has 0 amide bonds. The van der Waals surface area contributed by atoms with Crippen LogP contribution < -0.4 is 10.1 Å². The smallest absolute Gasteiger partial charge is 0.294 e. The van der Waals surface area contributed by atoms with Gasteiger partial charge >= 0.3 is 0 Å². The fraction of sp³-hybridized carbons (Fsp3) is 0.357. The summed E-state index contributed by atoms with van der Waals surface area (Å²) >= 11 is 0. The summed E-state index contributed by atoms with van der Waals surface area (Å²) in [5, 5.41) is 3.66. The molecule has 3 heterocycles. The van der Waals surface area contributed by atoms with Gasteiger partial charge in [-0.1, -0.05) is 24.3 Å². The Morgan fingerprint density at radius 1 is 1.11 bits per heavy atom. The first-order valence-corrected chi connectivity index (χ1v) is 13.7. The van der Waals surface area contributed by atoms with E-state index in [1.807, 2.05) is 18.2 Å². The van der Waals surface area contributed by atoms with E-state index < -0.39 is 15.7 Å². The largest absolute Gasteiger partial charge is 0.497 e. The van der Waals surface area contributed by atoms with Crippen molar-refractivity contribution < 1.29 is 27.2 Å². The molecule has 0 saturated carbocycles. The Labute approximate surface area is 217 Å². The van der Waals surface area contributed by atoms with E-state index in [0.29, 0.717) is 11.3 Å². The fourth-order valence-corrected chi connectivity index (χ4v) is 7.12. The first kappa shape index (κ1) is 24.2. The van der Waals surface area contributed by atoms with Gasteiger partial charge in [0.15, 0.2) is 5.60 Å². The third kappa shape index (κ3) is 3.72. The average molecular weight is 523 g/mol. The highest BCUT2D eigenvalue weighted by Gasteiger charge is 2.47. The van der Waals surface area contributed by atoms with Gasteiger partial charge in [0.25, 0.3) is 10.1 Å². The van der Waals surface area contributed by atoms with Crippen LogP contribution in [0.5, 0.6) is 5.75 Å². The Kier molecular flexibility index (Phi) is 5.72. The zero-order chi connectivity index (χ0) is 25.9. The molecular formula is C28H30N2O6S. The molecule has 0 aromatic heterocycles. The zero-order valence-electron chi connectivity index (χ0n) is 21.0. The Hall–Kier alpha value is -3.11. The topological polar surface area (TPSA) is 97.3 Å². The number of piperidine rings is 1. The van der Waals surface area contributed by atoms with Crippen molar-refractivity contribution >= 4 is 10.1 Å². The molecule has 2 N–H and O–H groups in total. The molecule has 9 heteroatoms. The lowest BCUT2D eigenvalue weighted by atomic mass is 9.80. The van der Waals surface area contributed by atoms with Gasteiger partial charge in [-0.2, -0.15) is 8.42 Å². The highest BCUT2D eigenvalue weighted by molar-refractivity contribution is 7.85. The second-order valence-corrected chi connectivity index (χ2v) is 11.2. The number of hydrogen-bond acceptors (Lipinski definition) is 7. The summed E-state index contributed by atoms with van der Waals surface area (Å²) in [4.78, 5) is 2.31. The highest BCUT2D eigenvalue weighted by atomic mass is 32.2. The predicted molar refractivity (Wildman–Crippen MR) is 138 cm³/mol. The van der Waals surface area contributed by atoms with Crippen molar-refractivity contribution in [1.82, 2.24) is 10.2 Å². The van der Waals surface area contributed by atoms with Gasteiger partial charge in [0.05, 0.1) is 20.3 Å². The molecule has 0 spiro atoms. The van der Waals surface area contributed by atoms with Crippen molar-refractivity contribution in [3.05, 3.63) is 93.9 Å². The van der Waals surface area contributed by atoms with Gasteiger partial charge in [-0.25, -0.2) is 0 Å². The Morgan fingerprint density at radius 2 is 1.92 bits per heavy atom. The third-order valence-electron chi connectivity index (χ3n) is 8.13. The van der Waals surface area contributed by atoms with Gasteiger partial charge in [-0.05, 0) is 59.9 Å². The van der Waals surface area contributed by atoms with Gasteiger partial charge in [0, 0.05) is 43.1 Å². The van der Waals surface area contributed by atoms with E-state index in [9.17, 15) is 13.0 Å². The molecule has 0 radical (unpaired) electrons. The number of benzene rings is 2. The van der Waals surface area contributed by atoms with Crippen LogP contribution in [0.2, 0.25) is 0 Å². The molecule has 1 fully saturated rings. The van der Waals surface area contributed by atoms with E-state index in [-0.39, 0.29) is 17.0 Å². The maximum absolute atomic E-state index is 12.3. The van der Waals surface area contributed by atoms with Crippen LogP contribution in [-0.4, -0.2) is 58.3 Å². The number of methoxy groups -OCH3 is 3. The van der Waals surface area contributed by atoms with Crippen LogP contribution in [0.25, 0.3) is 0 Å². The molecule has 3 aliphatic heterocycles. The standard InChI is InChI=1S/C28H30N2O6S/c1-34-18-9-8-17-10-11-30-16-24-20(13-25(30)19(17)12-18)21-14-27(35-2)28(36-3,15-23(21)29-24)22-6-4-5-7-26(22)37(31,32)33/h4-9,12,14-15,24-25,29H,10-11,13,16H2,1-3H3,(H,31,32,33). The van der Waals surface area contributed by atoms with Gasteiger partial charge in [-0.3, -0.25) is 9.45 Å². The summed E-state index contributed by atoms with van der Waals surface area (Å²) in [7, 11) is 0.259. The van der Waals surface area contributed by atoms with Crippen molar-refractivity contribution in [2.24, 2.45) is 0 Å². The number of ether oxygens (including phenoxy) is 3. The van der Waals surface area contributed by atoms with E-state index >= 15 is 0 Å². The number of fused-ring (bicyclic) bond motifs is 5. The molecule has 37 heavy (non-hydrogen) atoms. The maximum atomic E-state index is 12.3. The molecular weight excluding hydrogens is 492 g/mol. The first-order valence-electron chi connectivity index (χ1n) is 12.3. The molecule has 0 bridgehead atoms. The lowest BCUT2D eigenvalue weighted by Gasteiger charge is -2.43. The molecule has 3 atom stereocenters. The summed E-state index contributed by atoms with van der Waals surface area (Å²) < 4.78 is 51.8. The van der Waals surface area contributed by atoms with Crippen LogP contribution in [0, 0.1) is 0 Å². The Balaban J connectivity index is 1.46. The number of rotatable bonds is 5. The number of nitrogens with zero attached hydrogens (tertiary/aromatic N) is 1. The summed E-state index contributed by atoms with van der Waals surface area (Å²) in [6.45, 7) is 1.85. The molecule has 1 aliphatic carbocycles. The normalized spacial score (nSPS) is 26.7. The SMILES string of the molecule is COC1=CC2=C3CC4c5cc(OC)ccc5CCN4CC3NC2=CC1(OC)c1ccccc1S(=O)(=O)O. The Morgan fingerprint density at radius 3 is 2.65 bits per heavy atom. The van der Waals surface area contributed by atoms with Crippen molar-refractivity contribution in [2.45, 2.75) is 35.4 Å². The molecule has 2 aromatic carbocycles. The van der Waals surface area contributed by atoms with Crippen LogP contribution in [-0.2, 0) is 31.6 Å². The summed E-state index contributed by atoms with van der Waals surface area (Å²) in [6, 6.07) is 13.1. The lowest BCUT2D eigenvalue weighted by molar-refractivity contribution is 0.0109. The van der Waals surface area contributed by atoms with Gasteiger partial charge in [-0.15, -0.1) is 0 Å². The van der Waals surface area contributed by atoms with Crippen LogP contribution in [0.1, 0.15) is 29.2 Å². The highest BCUT2D eigenvalue weighted by Crippen LogP contribution is 2.49. The van der Waals surface area contributed by atoms with Crippen LogP contribution >= 0.6 is 0 Å². The van der Waals surface area contributed by atoms with Crippen molar-refractivity contribution in [3.63, 3.8) is 0 Å². The van der Waals surface area contributed by atoms with Crippen molar-refractivity contribution in [2.75, 3.05) is 34.4 Å². The molecule has 6 rings (SSSR count). The van der Waals surface area contributed by atoms with E-state index in [1.165, 1.54) is 29.9 Å². The van der Waals surface area contributed by atoms with Crippen LogP contribution in [0.4, 0.5) is 0 Å². The minimum Gasteiger partial charge on any atom is -0.497 e. The van der Waals surface area contributed by atoms with Crippen LogP contribution in [0.15, 0.2) is 82.1 Å². The molecule has 2 aromatic rings. The Bertz CT molecular complexity index is 1480. The molecule has 1 saturated heterocycles. The molecule has 8 nitrogen and oxygen atoms in total. The summed E-state index contributed by atoms with van der Waals surface area (Å²) in [5.74, 6) is 1.32. The zero-order valence-corrected chi connectivity index (χ0v) is 21.8. The molecule has 194 valence electrons. The van der Waals surface area contributed by atoms with Crippen LogP contribution in [0.3, 0.4) is 0 Å². The summed E-state index contributed by atoms with van der Waals surface area (Å²) in [5.41, 5.74) is 4.87. The molecule has 3 unspecified atom stereocenters. The quantitative estimate of drug-likeness (QED) is 0.576. The third-order valence-corrected chi connectivity index (χ3v) is 9.05. The van der Waals surface area contributed by atoms with Crippen molar-refractivity contribution in [3.8, 4) is 5.75 Å². The van der Waals surface area contributed by atoms with E-state index in [0.717, 1.165) is 43.0 Å². The minimum absolute atomic E-state index is 0.128. The predicted octanol–water partition coefficient (Wildman–Crippen LogP) is 3.48.